The van der Waals surface area contributed by atoms with Gasteiger partial charge in [-0.15, -0.1) is 0 Å². The molecule has 0 aliphatic carbocycles. The fraction of sp³-hybridized carbons (Fsp3) is 0.261. The summed E-state index contributed by atoms with van der Waals surface area (Å²) in [6.45, 7) is 0.509. The predicted molar refractivity (Wildman–Crippen MR) is 133 cm³/mol. The Balaban J connectivity index is 1.40. The summed E-state index contributed by atoms with van der Waals surface area (Å²) < 4.78 is 5.68. The number of nitrogens with zero attached hydrogens (tertiary/aromatic N) is 2. The normalized spacial score (nSPS) is 14.6. The molecule has 2 amide bonds. The summed E-state index contributed by atoms with van der Waals surface area (Å²) in [5.41, 5.74) is 1.39. The average Bonchev–Trinajstić information content (AvgIpc) is 3.07. The number of thiocarbonyl (C=S) groups is 1. The largest absolute Gasteiger partial charge is 0.497 e. The molecule has 10 heteroatoms. The highest BCUT2D eigenvalue weighted by Crippen LogP contribution is 2.33. The van der Waals surface area contributed by atoms with Crippen LogP contribution in [0.25, 0.3) is 6.08 Å². The number of carbonyl (C=O) groups is 2. The Morgan fingerprint density at radius 2 is 1.85 bits per heavy atom. The SMILES string of the molecule is COc1ccc(C=C2SC(=S)N(CCCCCC(=O)Nc3ccc([N+](=O)[O-])cc3)C2=O)cc1. The fourth-order valence-corrected chi connectivity index (χ4v) is 4.48. The molecule has 1 aliphatic heterocycles. The van der Waals surface area contributed by atoms with E-state index in [-0.39, 0.29) is 17.5 Å². The quantitative estimate of drug-likeness (QED) is 0.166. The van der Waals surface area contributed by atoms with E-state index in [9.17, 15) is 19.7 Å². The lowest BCUT2D eigenvalue weighted by molar-refractivity contribution is -0.384. The van der Waals surface area contributed by atoms with E-state index >= 15 is 0 Å². The fourth-order valence-electron chi connectivity index (χ4n) is 3.17. The minimum atomic E-state index is -0.487. The Morgan fingerprint density at radius 1 is 1.15 bits per heavy atom. The molecule has 2 aromatic rings. The summed E-state index contributed by atoms with van der Waals surface area (Å²) in [4.78, 5) is 37.1. The third kappa shape index (κ3) is 6.87. The number of amides is 2. The molecule has 0 spiro atoms. The molecule has 0 atom stereocenters. The van der Waals surface area contributed by atoms with Crippen molar-refractivity contribution in [3.8, 4) is 5.75 Å². The van der Waals surface area contributed by atoms with Gasteiger partial charge >= 0.3 is 0 Å². The zero-order chi connectivity index (χ0) is 23.8. The van der Waals surface area contributed by atoms with Crippen molar-refractivity contribution in [1.82, 2.24) is 4.90 Å². The molecule has 0 saturated carbocycles. The first-order valence-electron chi connectivity index (χ1n) is 10.3. The van der Waals surface area contributed by atoms with E-state index in [1.807, 2.05) is 30.3 Å². The van der Waals surface area contributed by atoms with E-state index in [0.29, 0.717) is 34.3 Å². The molecule has 172 valence electrons. The Morgan fingerprint density at radius 3 is 2.48 bits per heavy atom. The van der Waals surface area contributed by atoms with Gasteiger partial charge in [-0.1, -0.05) is 42.5 Å². The number of anilines is 1. The lowest BCUT2D eigenvalue weighted by atomic mass is 10.1. The molecule has 1 aliphatic rings. The molecule has 2 aromatic carbocycles. The zero-order valence-corrected chi connectivity index (χ0v) is 19.6. The van der Waals surface area contributed by atoms with Crippen LogP contribution in [0.2, 0.25) is 0 Å². The van der Waals surface area contributed by atoms with Crippen molar-refractivity contribution in [3.05, 3.63) is 69.1 Å². The average molecular weight is 486 g/mol. The van der Waals surface area contributed by atoms with Crippen LogP contribution in [0.3, 0.4) is 0 Å². The molecule has 1 fully saturated rings. The summed E-state index contributed by atoms with van der Waals surface area (Å²) in [5.74, 6) is 0.495. The monoisotopic (exact) mass is 485 g/mol. The van der Waals surface area contributed by atoms with Crippen LogP contribution < -0.4 is 10.1 Å². The second kappa shape index (κ2) is 11.6. The van der Waals surface area contributed by atoms with Crippen molar-refractivity contribution in [1.29, 1.82) is 0 Å². The molecular formula is C23H23N3O5S2. The highest BCUT2D eigenvalue weighted by Gasteiger charge is 2.31. The number of nitro groups is 1. The maximum Gasteiger partial charge on any atom is 0.269 e. The van der Waals surface area contributed by atoms with E-state index in [1.54, 1.807) is 12.0 Å². The van der Waals surface area contributed by atoms with Crippen molar-refractivity contribution in [2.75, 3.05) is 19.0 Å². The molecule has 0 aromatic heterocycles. The lowest BCUT2D eigenvalue weighted by Gasteiger charge is -2.14. The van der Waals surface area contributed by atoms with Gasteiger partial charge in [-0.3, -0.25) is 24.6 Å². The van der Waals surface area contributed by atoms with E-state index in [1.165, 1.54) is 36.0 Å². The van der Waals surface area contributed by atoms with Crippen LogP contribution in [0.1, 0.15) is 31.2 Å². The zero-order valence-electron chi connectivity index (χ0n) is 18.0. The molecule has 1 saturated heterocycles. The van der Waals surface area contributed by atoms with Gasteiger partial charge in [-0.25, -0.2) is 0 Å². The number of hydrogen-bond acceptors (Lipinski definition) is 7. The number of unbranched alkanes of at least 4 members (excludes halogenated alkanes) is 2. The Labute approximate surface area is 201 Å². The van der Waals surface area contributed by atoms with Gasteiger partial charge in [0.25, 0.3) is 11.6 Å². The summed E-state index contributed by atoms with van der Waals surface area (Å²) >= 11 is 6.66. The number of nitrogens with one attached hydrogen (secondary N) is 1. The molecule has 1 N–H and O–H groups in total. The van der Waals surface area contributed by atoms with Gasteiger partial charge in [0.15, 0.2) is 0 Å². The number of benzene rings is 2. The van der Waals surface area contributed by atoms with Crippen LogP contribution in [-0.2, 0) is 9.59 Å². The topological polar surface area (TPSA) is 102 Å². The minimum absolute atomic E-state index is 0.0254. The highest BCUT2D eigenvalue weighted by molar-refractivity contribution is 8.26. The number of hydrogen-bond donors (Lipinski definition) is 1. The second-order valence-corrected chi connectivity index (χ2v) is 8.95. The van der Waals surface area contributed by atoms with Gasteiger partial charge in [0.05, 0.1) is 16.9 Å². The molecule has 1 heterocycles. The maximum absolute atomic E-state index is 12.7. The van der Waals surface area contributed by atoms with Crippen molar-refractivity contribution in [2.24, 2.45) is 0 Å². The van der Waals surface area contributed by atoms with Gasteiger partial charge in [0.1, 0.15) is 10.1 Å². The third-order valence-corrected chi connectivity index (χ3v) is 6.31. The summed E-state index contributed by atoms with van der Waals surface area (Å²) in [6, 6.07) is 13.1. The van der Waals surface area contributed by atoms with Gasteiger partial charge in [-0.05, 0) is 48.7 Å². The molecule has 0 radical (unpaired) electrons. The van der Waals surface area contributed by atoms with Crippen LogP contribution in [-0.4, -0.2) is 39.6 Å². The van der Waals surface area contributed by atoms with E-state index in [0.717, 1.165) is 24.2 Å². The minimum Gasteiger partial charge on any atom is -0.497 e. The van der Waals surface area contributed by atoms with Crippen molar-refractivity contribution >= 4 is 57.6 Å². The Hall–Kier alpha value is -3.24. The van der Waals surface area contributed by atoms with Crippen LogP contribution in [0.5, 0.6) is 5.75 Å². The maximum atomic E-state index is 12.7. The summed E-state index contributed by atoms with van der Waals surface area (Å²) in [5, 5.41) is 13.4. The Bertz CT molecular complexity index is 1070. The van der Waals surface area contributed by atoms with Crippen LogP contribution in [0, 0.1) is 10.1 Å². The van der Waals surface area contributed by atoms with Crippen LogP contribution in [0.4, 0.5) is 11.4 Å². The first-order chi connectivity index (χ1) is 15.9. The van der Waals surface area contributed by atoms with Gasteiger partial charge in [-0.2, -0.15) is 0 Å². The van der Waals surface area contributed by atoms with E-state index in [4.69, 9.17) is 17.0 Å². The summed E-state index contributed by atoms with van der Waals surface area (Å²) in [6.07, 6.45) is 4.30. The molecule has 33 heavy (non-hydrogen) atoms. The first kappa shape index (κ1) is 24.4. The Kier molecular flexibility index (Phi) is 8.56. The third-order valence-electron chi connectivity index (χ3n) is 4.93. The predicted octanol–water partition coefficient (Wildman–Crippen LogP) is 5.00. The number of thioether (sulfide) groups is 1. The lowest BCUT2D eigenvalue weighted by Crippen LogP contribution is -2.29. The van der Waals surface area contributed by atoms with Gasteiger partial charge < -0.3 is 10.1 Å². The standard InChI is InChI=1S/C23H23N3O5S2/c1-31-19-12-6-16(7-13-19)15-20-22(28)25(23(32)33-20)14-4-2-3-5-21(27)24-17-8-10-18(11-9-17)26(29)30/h6-13,15H,2-5,14H2,1H3,(H,24,27). The number of methoxy groups -OCH3 is 1. The molecule has 0 bridgehead atoms. The van der Waals surface area contributed by atoms with Gasteiger partial charge in [0, 0.05) is 30.8 Å². The molecular weight excluding hydrogens is 462 g/mol. The number of carbonyl (C=O) groups excluding carboxylic acids is 2. The summed E-state index contributed by atoms with van der Waals surface area (Å²) in [7, 11) is 1.60. The molecule has 0 unspecified atom stereocenters. The number of ether oxygens (including phenoxy) is 1. The number of non-ortho nitro benzene ring substituents is 1. The number of nitro benzene ring substituents is 1. The second-order valence-electron chi connectivity index (χ2n) is 7.27. The van der Waals surface area contributed by atoms with Crippen molar-refractivity contribution in [2.45, 2.75) is 25.7 Å². The van der Waals surface area contributed by atoms with Crippen LogP contribution >= 0.6 is 24.0 Å². The van der Waals surface area contributed by atoms with E-state index < -0.39 is 4.92 Å². The first-order valence-corrected chi connectivity index (χ1v) is 11.5. The number of rotatable bonds is 10. The van der Waals surface area contributed by atoms with E-state index in [2.05, 4.69) is 5.32 Å². The smallest absolute Gasteiger partial charge is 0.269 e. The molecule has 3 rings (SSSR count). The van der Waals surface area contributed by atoms with Crippen molar-refractivity contribution < 1.29 is 19.2 Å². The molecule has 8 nitrogen and oxygen atoms in total. The van der Waals surface area contributed by atoms with Crippen LogP contribution in [0.15, 0.2) is 53.4 Å². The highest BCUT2D eigenvalue weighted by atomic mass is 32.2. The van der Waals surface area contributed by atoms with Crippen molar-refractivity contribution in [3.63, 3.8) is 0 Å². The van der Waals surface area contributed by atoms with Gasteiger partial charge in [0.2, 0.25) is 5.91 Å².